The maximum Gasteiger partial charge on any atom is 0.0775 e. The Morgan fingerprint density at radius 3 is 1.06 bits per heavy atom. The number of hydrogen-bond donors (Lipinski definition) is 0. The van der Waals surface area contributed by atoms with Gasteiger partial charge in [-0.05, 0) is 132 Å². The molecule has 12 aromatic rings. The molecule has 0 aliphatic carbocycles. The van der Waals surface area contributed by atoms with Gasteiger partial charge in [0.1, 0.15) is 0 Å². The summed E-state index contributed by atoms with van der Waals surface area (Å²) in [5, 5.41) is 13.2. The fourth-order valence-corrected chi connectivity index (χ4v) is 13.0. The molecule has 0 saturated heterocycles. The molecule has 12 rings (SSSR count). The molecule has 0 bridgehead atoms. The number of benzene rings is 11. The van der Waals surface area contributed by atoms with Crippen LogP contribution in [-0.2, 0) is 0 Å². The number of aromatic nitrogens is 1. The summed E-state index contributed by atoms with van der Waals surface area (Å²) in [6, 6.07) is 86.2. The normalized spacial score (nSPS) is 12.1. The van der Waals surface area contributed by atoms with E-state index < -0.39 is 16.1 Å². The molecular formula is C66H56N2Si2. The van der Waals surface area contributed by atoms with Crippen molar-refractivity contribution in [2.75, 3.05) is 4.90 Å². The van der Waals surface area contributed by atoms with Crippen LogP contribution in [0.25, 0.3) is 93.2 Å². The molecule has 4 heteroatoms. The van der Waals surface area contributed by atoms with Gasteiger partial charge < -0.3 is 9.47 Å². The lowest BCUT2D eigenvalue weighted by Gasteiger charge is -2.26. The molecule has 1 heterocycles. The van der Waals surface area contributed by atoms with Gasteiger partial charge in [0, 0.05) is 33.5 Å². The van der Waals surface area contributed by atoms with Gasteiger partial charge in [0.2, 0.25) is 0 Å². The highest BCUT2D eigenvalue weighted by Gasteiger charge is 2.20. The topological polar surface area (TPSA) is 8.17 Å². The molecule has 0 unspecified atom stereocenters. The van der Waals surface area contributed by atoms with Crippen molar-refractivity contribution in [3.8, 4) is 39.1 Å². The van der Waals surface area contributed by atoms with Crippen molar-refractivity contribution in [1.29, 1.82) is 0 Å². The molecule has 0 atom stereocenters. The van der Waals surface area contributed by atoms with Crippen LogP contribution in [0.1, 0.15) is 0 Å². The van der Waals surface area contributed by atoms with E-state index in [-0.39, 0.29) is 0 Å². The van der Waals surface area contributed by atoms with E-state index in [9.17, 15) is 0 Å². The van der Waals surface area contributed by atoms with E-state index in [0.29, 0.717) is 0 Å². The maximum atomic E-state index is 2.44. The van der Waals surface area contributed by atoms with Crippen molar-refractivity contribution in [3.05, 3.63) is 231 Å². The minimum absolute atomic E-state index is 1.11. The van der Waals surface area contributed by atoms with Gasteiger partial charge in [-0.25, -0.2) is 0 Å². The molecule has 0 saturated carbocycles. The van der Waals surface area contributed by atoms with Gasteiger partial charge in [-0.1, -0.05) is 213 Å². The molecule has 0 spiro atoms. The van der Waals surface area contributed by atoms with Crippen molar-refractivity contribution in [2.45, 2.75) is 39.3 Å². The van der Waals surface area contributed by atoms with Crippen LogP contribution in [-0.4, -0.2) is 20.7 Å². The monoisotopic (exact) mass is 932 g/mol. The minimum Gasteiger partial charge on any atom is -0.311 e. The summed E-state index contributed by atoms with van der Waals surface area (Å²) in [5.74, 6) is 0. The second kappa shape index (κ2) is 17.0. The molecule has 2 nitrogen and oxygen atoms in total. The Bertz CT molecular complexity index is 3770. The van der Waals surface area contributed by atoms with Crippen LogP contribution in [0.5, 0.6) is 0 Å². The summed E-state index contributed by atoms with van der Waals surface area (Å²) in [5.41, 5.74) is 14.2. The van der Waals surface area contributed by atoms with Crippen LogP contribution in [0.4, 0.5) is 17.1 Å². The second-order valence-corrected chi connectivity index (χ2v) is 31.2. The molecule has 338 valence electrons. The van der Waals surface area contributed by atoms with E-state index in [1.807, 2.05) is 0 Å². The fraction of sp³-hybridized carbons (Fsp3) is 0.0909. The number of anilines is 3. The van der Waals surface area contributed by atoms with Crippen molar-refractivity contribution in [1.82, 2.24) is 4.57 Å². The van der Waals surface area contributed by atoms with Crippen LogP contribution >= 0.6 is 0 Å². The lowest BCUT2D eigenvalue weighted by atomic mass is 9.94. The first kappa shape index (κ1) is 43.5. The van der Waals surface area contributed by atoms with Gasteiger partial charge in [-0.3, -0.25) is 0 Å². The summed E-state index contributed by atoms with van der Waals surface area (Å²) in [4.78, 5) is 2.38. The lowest BCUT2D eigenvalue weighted by Crippen LogP contribution is -2.37. The molecular weight excluding hydrogens is 877 g/mol. The van der Waals surface area contributed by atoms with Crippen LogP contribution in [0.2, 0.25) is 39.3 Å². The minimum atomic E-state index is -1.38. The molecule has 0 fully saturated rings. The standard InChI is InChI=1S/C66H56N2Si2/c1-69(2,3)55-37-25-47(26-38-55)45-19-30-51(31-20-45)67(52-32-21-46(22-33-52)48-27-39-56(40-28-48)70(4,5)6)53-34-23-49(24-35-53)50-29-42-66-64(43-50)62-17-11-12-18-65(62)68(66)54-36-41-61-59-15-8-7-13-57(59)58-14-9-10-16-60(58)63(61)44-54/h7-44H,1-6H3. The summed E-state index contributed by atoms with van der Waals surface area (Å²) >= 11 is 0. The Hall–Kier alpha value is -7.77. The highest BCUT2D eigenvalue weighted by molar-refractivity contribution is 6.89. The maximum absolute atomic E-state index is 2.44. The van der Waals surface area contributed by atoms with E-state index in [1.165, 1.54) is 97.9 Å². The zero-order valence-corrected chi connectivity index (χ0v) is 42.8. The number of nitrogens with zero attached hydrogens (tertiary/aromatic N) is 2. The molecule has 0 aliphatic rings. The number of fused-ring (bicyclic) bond motifs is 9. The van der Waals surface area contributed by atoms with E-state index in [4.69, 9.17) is 0 Å². The Morgan fingerprint density at radius 2 is 0.614 bits per heavy atom. The van der Waals surface area contributed by atoms with Crippen molar-refractivity contribution < 1.29 is 0 Å². The predicted octanol–water partition coefficient (Wildman–Crippen LogP) is 17.8. The fourth-order valence-electron chi connectivity index (χ4n) is 10.6. The van der Waals surface area contributed by atoms with Crippen molar-refractivity contribution >= 4 is 97.7 Å². The van der Waals surface area contributed by atoms with Gasteiger partial charge in [0.25, 0.3) is 0 Å². The van der Waals surface area contributed by atoms with Crippen molar-refractivity contribution in [2.24, 2.45) is 0 Å². The number of para-hydroxylation sites is 1. The van der Waals surface area contributed by atoms with Crippen LogP contribution in [0, 0.1) is 0 Å². The Labute approximate surface area is 413 Å². The van der Waals surface area contributed by atoms with E-state index in [0.717, 1.165) is 22.7 Å². The Morgan fingerprint density at radius 1 is 0.271 bits per heavy atom. The van der Waals surface area contributed by atoms with Gasteiger partial charge in [0.15, 0.2) is 0 Å². The quantitative estimate of drug-likeness (QED) is 0.103. The smallest absolute Gasteiger partial charge is 0.0775 e. The first-order valence-corrected chi connectivity index (χ1v) is 31.7. The van der Waals surface area contributed by atoms with Gasteiger partial charge >= 0.3 is 0 Å². The lowest BCUT2D eigenvalue weighted by molar-refractivity contribution is 1.19. The molecule has 0 aliphatic heterocycles. The predicted molar refractivity (Wildman–Crippen MR) is 310 cm³/mol. The molecule has 0 amide bonds. The molecule has 0 radical (unpaired) electrons. The highest BCUT2D eigenvalue weighted by atomic mass is 28.3. The molecule has 70 heavy (non-hydrogen) atoms. The van der Waals surface area contributed by atoms with Crippen LogP contribution in [0.15, 0.2) is 231 Å². The van der Waals surface area contributed by atoms with E-state index >= 15 is 0 Å². The molecule has 1 aromatic heterocycles. The van der Waals surface area contributed by atoms with E-state index in [1.54, 1.807) is 0 Å². The second-order valence-electron chi connectivity index (χ2n) is 21.0. The van der Waals surface area contributed by atoms with Gasteiger partial charge in [0.05, 0.1) is 27.2 Å². The first-order valence-electron chi connectivity index (χ1n) is 24.7. The SMILES string of the molecule is C[Si](C)(C)c1ccc(-c2ccc(N(c3ccc(-c4ccc([Si](C)(C)C)cc4)cc3)c3ccc(-c4ccc5c(c4)c4ccccc4n5-c4ccc5c6ccccc6c6ccccc6c5c4)cc3)cc2)cc1. The summed E-state index contributed by atoms with van der Waals surface area (Å²) in [6.07, 6.45) is 0. The molecule has 0 N–H and O–H groups in total. The number of rotatable bonds is 9. The number of hydrogen-bond acceptors (Lipinski definition) is 1. The highest BCUT2D eigenvalue weighted by Crippen LogP contribution is 2.41. The Balaban J connectivity index is 0.913. The summed E-state index contributed by atoms with van der Waals surface area (Å²) in [7, 11) is -2.76. The average molecular weight is 933 g/mol. The average Bonchev–Trinajstić information content (AvgIpc) is 3.72. The largest absolute Gasteiger partial charge is 0.311 e. The molecule has 11 aromatic carbocycles. The van der Waals surface area contributed by atoms with Crippen LogP contribution < -0.4 is 15.3 Å². The first-order chi connectivity index (χ1) is 34.0. The van der Waals surface area contributed by atoms with E-state index in [2.05, 4.69) is 279 Å². The Kier molecular flexibility index (Phi) is 10.6. The third-order valence-electron chi connectivity index (χ3n) is 14.5. The van der Waals surface area contributed by atoms with Gasteiger partial charge in [-0.15, -0.1) is 0 Å². The summed E-state index contributed by atoms with van der Waals surface area (Å²) in [6.45, 7) is 14.4. The third-order valence-corrected chi connectivity index (χ3v) is 18.7. The van der Waals surface area contributed by atoms with Gasteiger partial charge in [-0.2, -0.15) is 0 Å². The zero-order valence-electron chi connectivity index (χ0n) is 40.8. The zero-order chi connectivity index (χ0) is 47.7. The van der Waals surface area contributed by atoms with Crippen molar-refractivity contribution in [3.63, 3.8) is 0 Å². The summed E-state index contributed by atoms with van der Waals surface area (Å²) < 4.78 is 2.44. The van der Waals surface area contributed by atoms with Crippen LogP contribution in [0.3, 0.4) is 0 Å². The third kappa shape index (κ3) is 7.74.